The van der Waals surface area contributed by atoms with Crippen molar-refractivity contribution in [2.75, 3.05) is 6.61 Å². The fraction of sp³-hybridized carbons (Fsp3) is 0.667. The van der Waals surface area contributed by atoms with Gasteiger partial charge in [-0.3, -0.25) is 5.21 Å². The van der Waals surface area contributed by atoms with Crippen molar-refractivity contribution in [3.05, 3.63) is 0 Å². The highest BCUT2D eigenvalue weighted by Crippen LogP contribution is 2.14. The average molecular weight is 159 g/mol. The zero-order valence-electron chi connectivity index (χ0n) is 4.60. The van der Waals surface area contributed by atoms with E-state index in [1.54, 1.807) is 0 Å². The lowest BCUT2D eigenvalue weighted by Crippen LogP contribution is -2.26. The lowest BCUT2D eigenvalue weighted by Gasteiger charge is -2.05. The molecule has 7 heteroatoms. The van der Waals surface area contributed by atoms with Crippen LogP contribution >= 0.6 is 0 Å². The maximum atomic E-state index is 11.2. The van der Waals surface area contributed by atoms with Crippen LogP contribution in [0.4, 0.5) is 18.0 Å². The summed E-state index contributed by atoms with van der Waals surface area (Å²) in [5, 5.41) is 7.64. The number of hydroxylamine groups is 1. The molecule has 0 aliphatic heterocycles. The van der Waals surface area contributed by atoms with Crippen LogP contribution in [0, 0.1) is 0 Å². The molecular formula is C3H4F3NO3. The van der Waals surface area contributed by atoms with E-state index >= 15 is 0 Å². The van der Waals surface area contributed by atoms with Gasteiger partial charge in [-0.05, 0) is 0 Å². The molecule has 10 heavy (non-hydrogen) atoms. The smallest absolute Gasteiger partial charge is 0.431 e. The summed E-state index contributed by atoms with van der Waals surface area (Å²) in [4.78, 5) is 9.78. The van der Waals surface area contributed by atoms with E-state index in [1.807, 2.05) is 0 Å². The van der Waals surface area contributed by atoms with Crippen molar-refractivity contribution in [3.63, 3.8) is 0 Å². The Labute approximate surface area is 53.5 Å². The highest BCUT2D eigenvalue weighted by atomic mass is 19.4. The lowest BCUT2D eigenvalue weighted by atomic mass is 10.7. The summed E-state index contributed by atoms with van der Waals surface area (Å²) in [5.41, 5.74) is 0.876. The van der Waals surface area contributed by atoms with E-state index in [0.29, 0.717) is 0 Å². The van der Waals surface area contributed by atoms with Crippen molar-refractivity contribution in [1.29, 1.82) is 0 Å². The van der Waals surface area contributed by atoms with Crippen LogP contribution in [0.5, 0.6) is 0 Å². The molecule has 0 aromatic rings. The number of rotatable bonds is 1. The van der Waals surface area contributed by atoms with Crippen LogP contribution < -0.4 is 5.48 Å². The van der Waals surface area contributed by atoms with Crippen molar-refractivity contribution in [2.45, 2.75) is 6.18 Å². The molecule has 2 N–H and O–H groups in total. The third-order valence-corrected chi connectivity index (χ3v) is 0.458. The quantitative estimate of drug-likeness (QED) is 0.436. The molecule has 0 radical (unpaired) electrons. The van der Waals surface area contributed by atoms with Gasteiger partial charge in [-0.1, -0.05) is 0 Å². The third-order valence-electron chi connectivity index (χ3n) is 0.458. The molecule has 0 unspecified atom stereocenters. The summed E-state index contributed by atoms with van der Waals surface area (Å²) < 4.78 is 36.9. The molecule has 0 aliphatic carbocycles. The molecule has 0 aromatic heterocycles. The first-order valence-corrected chi connectivity index (χ1v) is 2.09. The van der Waals surface area contributed by atoms with Crippen LogP contribution in [0.1, 0.15) is 0 Å². The van der Waals surface area contributed by atoms with Crippen molar-refractivity contribution in [2.24, 2.45) is 0 Å². The Morgan fingerprint density at radius 1 is 1.60 bits per heavy atom. The molecule has 60 valence electrons. The van der Waals surface area contributed by atoms with E-state index in [-0.39, 0.29) is 0 Å². The molecule has 0 saturated heterocycles. The fourth-order valence-electron chi connectivity index (χ4n) is 0.180. The molecule has 0 bridgehead atoms. The first-order chi connectivity index (χ1) is 4.45. The van der Waals surface area contributed by atoms with Gasteiger partial charge in [0.1, 0.15) is 0 Å². The van der Waals surface area contributed by atoms with Crippen LogP contribution in [0.2, 0.25) is 0 Å². The first kappa shape index (κ1) is 9.02. The van der Waals surface area contributed by atoms with Crippen LogP contribution in [0.15, 0.2) is 0 Å². The Morgan fingerprint density at radius 2 is 2.10 bits per heavy atom. The number of halogens is 3. The molecule has 0 fully saturated rings. The molecule has 0 aliphatic rings. The predicted molar refractivity (Wildman–Crippen MR) is 22.3 cm³/mol. The molecule has 0 atom stereocenters. The number of carbonyl (C=O) groups excluding carboxylic acids is 1. The third kappa shape index (κ3) is 5.16. The van der Waals surface area contributed by atoms with E-state index in [1.165, 1.54) is 0 Å². The minimum absolute atomic E-state index is 0.876. The largest absolute Gasteiger partial charge is 0.438 e. The SMILES string of the molecule is O=C(NO)OCC(F)(F)F. The number of hydrogen-bond acceptors (Lipinski definition) is 3. The number of carbonyl (C=O) groups is 1. The maximum absolute atomic E-state index is 11.2. The second-order valence-corrected chi connectivity index (χ2v) is 1.30. The van der Waals surface area contributed by atoms with Crippen LogP contribution in [0.25, 0.3) is 0 Å². The second-order valence-electron chi connectivity index (χ2n) is 1.30. The van der Waals surface area contributed by atoms with Gasteiger partial charge in [-0.2, -0.15) is 13.2 Å². The van der Waals surface area contributed by atoms with Crippen LogP contribution in [-0.2, 0) is 4.74 Å². The molecule has 0 saturated carbocycles. The molecule has 0 heterocycles. The van der Waals surface area contributed by atoms with Crippen LogP contribution in [0.3, 0.4) is 0 Å². The molecule has 0 rings (SSSR count). The summed E-state index contributed by atoms with van der Waals surface area (Å²) >= 11 is 0. The number of amides is 1. The minimum Gasteiger partial charge on any atom is -0.438 e. The van der Waals surface area contributed by atoms with Gasteiger partial charge < -0.3 is 4.74 Å². The monoisotopic (exact) mass is 159 g/mol. The van der Waals surface area contributed by atoms with Crippen molar-refractivity contribution in [3.8, 4) is 0 Å². The highest BCUT2D eigenvalue weighted by molar-refractivity contribution is 5.65. The van der Waals surface area contributed by atoms with E-state index in [0.717, 1.165) is 5.48 Å². The zero-order valence-corrected chi connectivity index (χ0v) is 4.60. The highest BCUT2D eigenvalue weighted by Gasteiger charge is 2.29. The van der Waals surface area contributed by atoms with Crippen molar-refractivity contribution >= 4 is 6.09 Å². The van der Waals surface area contributed by atoms with E-state index in [4.69, 9.17) is 5.21 Å². The number of nitrogens with one attached hydrogen (secondary N) is 1. The Balaban J connectivity index is 3.46. The molecule has 0 aromatic carbocycles. The van der Waals surface area contributed by atoms with E-state index in [2.05, 4.69) is 4.74 Å². The molecule has 4 nitrogen and oxygen atoms in total. The van der Waals surface area contributed by atoms with Gasteiger partial charge in [0.2, 0.25) is 0 Å². The van der Waals surface area contributed by atoms with Gasteiger partial charge in [0.05, 0.1) is 0 Å². The second kappa shape index (κ2) is 3.25. The first-order valence-electron chi connectivity index (χ1n) is 2.09. The predicted octanol–water partition coefficient (Wildman–Crippen LogP) is 0.664. The van der Waals surface area contributed by atoms with Gasteiger partial charge in [-0.25, -0.2) is 10.3 Å². The number of hydrogen-bond donors (Lipinski definition) is 2. The van der Waals surface area contributed by atoms with Gasteiger partial charge in [0.25, 0.3) is 0 Å². The van der Waals surface area contributed by atoms with Gasteiger partial charge in [0.15, 0.2) is 6.61 Å². The molecule has 0 spiro atoms. The summed E-state index contributed by atoms with van der Waals surface area (Å²) in [6.07, 6.45) is -6.09. The zero-order chi connectivity index (χ0) is 8.20. The maximum Gasteiger partial charge on any atom is 0.431 e. The Hall–Kier alpha value is -0.980. The Bertz CT molecular complexity index is 123. The summed E-state index contributed by atoms with van der Waals surface area (Å²) in [6, 6.07) is 0. The average Bonchev–Trinajstić information content (AvgIpc) is 1.81. The Morgan fingerprint density at radius 3 is 2.40 bits per heavy atom. The summed E-state index contributed by atoms with van der Waals surface area (Å²) in [5.74, 6) is 0. The van der Waals surface area contributed by atoms with Gasteiger partial charge in [0, 0.05) is 0 Å². The number of ether oxygens (including phenoxy) is 1. The molecule has 1 amide bonds. The normalized spacial score (nSPS) is 10.8. The Kier molecular flexibility index (Phi) is 2.94. The minimum atomic E-state index is -4.56. The lowest BCUT2D eigenvalue weighted by molar-refractivity contribution is -0.161. The fourth-order valence-corrected chi connectivity index (χ4v) is 0.180. The van der Waals surface area contributed by atoms with Crippen molar-refractivity contribution in [1.82, 2.24) is 5.48 Å². The van der Waals surface area contributed by atoms with Crippen LogP contribution in [-0.4, -0.2) is 24.1 Å². The summed E-state index contributed by atoms with van der Waals surface area (Å²) in [7, 11) is 0. The van der Waals surface area contributed by atoms with E-state index < -0.39 is 18.9 Å². The topological polar surface area (TPSA) is 58.6 Å². The van der Waals surface area contributed by atoms with Crippen molar-refractivity contribution < 1.29 is 27.9 Å². The molecular weight excluding hydrogens is 155 g/mol. The van der Waals surface area contributed by atoms with E-state index in [9.17, 15) is 18.0 Å². The van der Waals surface area contributed by atoms with Gasteiger partial charge in [-0.15, -0.1) is 0 Å². The standard InChI is InChI=1S/C3H4F3NO3/c4-3(5,6)1-10-2(8)7-9/h9H,1H2,(H,7,8). The summed E-state index contributed by atoms with van der Waals surface area (Å²) in [6.45, 7) is -1.71. The van der Waals surface area contributed by atoms with Gasteiger partial charge >= 0.3 is 12.3 Å². The number of alkyl halides is 3.